The Morgan fingerprint density at radius 1 is 0.667 bits per heavy atom. The van der Waals surface area contributed by atoms with Gasteiger partial charge in [-0.2, -0.15) is 25.3 Å². The first kappa shape index (κ1) is 23.7. The van der Waals surface area contributed by atoms with Crippen LogP contribution in [-0.2, 0) is 35.3 Å². The van der Waals surface area contributed by atoms with Gasteiger partial charge in [-0.15, -0.1) is 0 Å². The molecule has 0 aliphatic carbocycles. The van der Waals surface area contributed by atoms with Crippen molar-refractivity contribution < 1.29 is 38.2 Å². The van der Waals surface area contributed by atoms with E-state index in [1.165, 1.54) is 0 Å². The summed E-state index contributed by atoms with van der Waals surface area (Å²) in [6.45, 7) is 0. The first-order valence-electron chi connectivity index (χ1n) is 2.96. The molecule has 0 aliphatic heterocycles. The van der Waals surface area contributed by atoms with Crippen LogP contribution in [0.4, 0.5) is 0 Å². The molecule has 0 spiro atoms. The second kappa shape index (κ2) is 8.04. The van der Waals surface area contributed by atoms with Crippen LogP contribution in [0.5, 0.6) is 0 Å². The Hall–Kier alpha value is 0.630. The Labute approximate surface area is 117 Å². The summed E-state index contributed by atoms with van der Waals surface area (Å²) >= 11 is 0. The summed E-state index contributed by atoms with van der Waals surface area (Å²) in [5.74, 6) is 0. The first-order valence-corrected chi connectivity index (χ1v) is 12.7. The molecule has 0 unspecified atom stereocenters. The molecule has 0 atom stereocenters. The van der Waals surface area contributed by atoms with Crippen molar-refractivity contribution in [1.82, 2.24) is 0 Å². The van der Waals surface area contributed by atoms with E-state index in [-0.39, 0.29) is 0 Å². The number of hydrogen-bond acceptors (Lipinski definition) is 8. The molecular formula is C2H7Cl3O9S4. The molecular weight excluding hydrogens is 403 g/mol. The van der Waals surface area contributed by atoms with E-state index in [4.69, 9.17) is 4.55 Å². The average molecular weight is 410 g/mol. The van der Waals surface area contributed by atoms with Gasteiger partial charge in [-0.3, -0.25) is 4.55 Å². The summed E-state index contributed by atoms with van der Waals surface area (Å²) in [6.07, 6.45) is 1.64. The van der Waals surface area contributed by atoms with Gasteiger partial charge >= 0.3 is 16.2 Å². The van der Waals surface area contributed by atoms with Crippen LogP contribution in [-0.4, -0.2) is 50.7 Å². The van der Waals surface area contributed by atoms with Crippen LogP contribution in [0.2, 0.25) is 0 Å². The van der Waals surface area contributed by atoms with Crippen molar-refractivity contribution in [1.29, 1.82) is 0 Å². The SMILES string of the molecule is CS(=O)(=O)Cl.CS(=O)(=O)O.O=S(=O)(Cl)S(=O)(=O)Cl. The summed E-state index contributed by atoms with van der Waals surface area (Å²) in [4.78, 5) is 0. The minimum absolute atomic E-state index is 0.715. The summed E-state index contributed by atoms with van der Waals surface area (Å²) in [6, 6.07) is 0. The minimum atomic E-state index is -4.63. The van der Waals surface area contributed by atoms with Crippen LogP contribution < -0.4 is 0 Å². The van der Waals surface area contributed by atoms with Gasteiger partial charge in [0.25, 0.3) is 10.1 Å². The standard InChI is InChI=1S/CH3ClO2S.CH4O3S.Cl2O4S2/c2*1-5(2,3)4;1-7(3,4)8(2,5)6/h1H3;1H3,(H,2,3,4);. The second-order valence-electron chi connectivity index (χ2n) is 2.20. The zero-order valence-electron chi connectivity index (χ0n) is 8.48. The van der Waals surface area contributed by atoms with E-state index in [1.807, 2.05) is 0 Å². The zero-order chi connectivity index (χ0) is 16.0. The molecule has 0 aromatic rings. The number of rotatable bonds is 1. The number of halogens is 3. The van der Waals surface area contributed by atoms with Crippen molar-refractivity contribution in [3.8, 4) is 0 Å². The van der Waals surface area contributed by atoms with E-state index in [1.54, 1.807) is 0 Å². The molecule has 0 saturated heterocycles. The van der Waals surface area contributed by atoms with Crippen molar-refractivity contribution in [2.75, 3.05) is 12.5 Å². The Bertz CT molecular complexity index is 561. The molecule has 0 radical (unpaired) electrons. The lowest BCUT2D eigenvalue weighted by atomic mass is 12.0. The van der Waals surface area contributed by atoms with E-state index >= 15 is 0 Å². The molecule has 114 valence electrons. The van der Waals surface area contributed by atoms with Crippen molar-refractivity contribution in [3.63, 3.8) is 0 Å². The van der Waals surface area contributed by atoms with Crippen molar-refractivity contribution in [3.05, 3.63) is 0 Å². The van der Waals surface area contributed by atoms with Gasteiger partial charge in [0.2, 0.25) is 9.05 Å². The Balaban J connectivity index is -0.000000197. The van der Waals surface area contributed by atoms with E-state index < -0.39 is 35.3 Å². The molecule has 0 aromatic carbocycles. The highest BCUT2D eigenvalue weighted by Gasteiger charge is 2.23. The lowest BCUT2D eigenvalue weighted by Crippen LogP contribution is -1.98. The molecule has 0 aromatic heterocycles. The van der Waals surface area contributed by atoms with E-state index in [0.717, 1.165) is 6.26 Å². The quantitative estimate of drug-likeness (QED) is 0.349. The highest BCUT2D eigenvalue weighted by molar-refractivity contribution is 8.83. The fraction of sp³-hybridized carbons (Fsp3) is 1.00. The molecule has 0 heterocycles. The van der Waals surface area contributed by atoms with Crippen molar-refractivity contribution in [2.45, 2.75) is 0 Å². The third-order valence-electron chi connectivity index (χ3n) is 0.238. The molecule has 16 heteroatoms. The lowest BCUT2D eigenvalue weighted by molar-refractivity contribution is 0.490. The monoisotopic (exact) mass is 408 g/mol. The molecule has 18 heavy (non-hydrogen) atoms. The van der Waals surface area contributed by atoms with Crippen LogP contribution in [0.25, 0.3) is 0 Å². The molecule has 0 aliphatic rings. The minimum Gasteiger partial charge on any atom is -0.286 e. The van der Waals surface area contributed by atoms with Crippen LogP contribution in [0.3, 0.4) is 0 Å². The predicted octanol–water partition coefficient (Wildman–Crippen LogP) is -0.273. The van der Waals surface area contributed by atoms with Crippen molar-refractivity contribution in [2.24, 2.45) is 0 Å². The highest BCUT2D eigenvalue weighted by Crippen LogP contribution is 2.11. The van der Waals surface area contributed by atoms with Gasteiger partial charge < -0.3 is 0 Å². The van der Waals surface area contributed by atoms with Gasteiger partial charge in [-0.05, 0) is 0 Å². The molecule has 1 N–H and O–H groups in total. The maximum Gasteiger partial charge on any atom is 0.351 e. The average Bonchev–Trinajstić information content (AvgIpc) is 1.70. The predicted molar refractivity (Wildman–Crippen MR) is 67.7 cm³/mol. The van der Waals surface area contributed by atoms with Gasteiger partial charge in [0.05, 0.1) is 12.5 Å². The van der Waals surface area contributed by atoms with Gasteiger partial charge in [-0.25, -0.2) is 8.42 Å². The van der Waals surface area contributed by atoms with Crippen LogP contribution in [0.1, 0.15) is 0 Å². The summed E-state index contributed by atoms with van der Waals surface area (Å²) < 4.78 is 83.5. The first-order chi connectivity index (χ1) is 7.25. The van der Waals surface area contributed by atoms with E-state index in [2.05, 4.69) is 32.0 Å². The topological polar surface area (TPSA) is 157 Å². The van der Waals surface area contributed by atoms with Gasteiger partial charge in [0.1, 0.15) is 0 Å². The maximum absolute atomic E-state index is 9.70. The Kier molecular flexibility index (Phi) is 10.6. The maximum atomic E-state index is 9.70. The molecule has 0 saturated carbocycles. The highest BCUT2D eigenvalue weighted by atomic mass is 35.8. The summed E-state index contributed by atoms with van der Waals surface area (Å²) in [7, 11) is -3.10. The third-order valence-corrected chi connectivity index (χ3v) is 5.71. The van der Waals surface area contributed by atoms with Crippen molar-refractivity contribution >= 4 is 67.4 Å². The molecule has 0 amide bonds. The molecule has 9 nitrogen and oxygen atoms in total. The Morgan fingerprint density at radius 2 is 0.722 bits per heavy atom. The van der Waals surface area contributed by atoms with E-state index in [0.29, 0.717) is 6.26 Å². The van der Waals surface area contributed by atoms with Gasteiger partial charge in [-0.1, -0.05) is 0 Å². The van der Waals surface area contributed by atoms with E-state index in [9.17, 15) is 33.7 Å². The van der Waals surface area contributed by atoms with Crippen LogP contribution in [0, 0.1) is 0 Å². The second-order valence-corrected chi connectivity index (χ2v) is 14.5. The fourth-order valence-electron chi connectivity index (χ4n) is 0. The van der Waals surface area contributed by atoms with Gasteiger partial charge in [0.15, 0.2) is 0 Å². The lowest BCUT2D eigenvalue weighted by Gasteiger charge is -1.81. The molecule has 0 fully saturated rings. The van der Waals surface area contributed by atoms with Crippen LogP contribution >= 0.6 is 32.0 Å². The van der Waals surface area contributed by atoms with Crippen LogP contribution in [0.15, 0.2) is 0 Å². The summed E-state index contributed by atoms with van der Waals surface area (Å²) in [5.41, 5.74) is 0. The number of hydrogen-bond donors (Lipinski definition) is 1. The smallest absolute Gasteiger partial charge is 0.286 e. The summed E-state index contributed by atoms with van der Waals surface area (Å²) in [5, 5.41) is 0. The largest absolute Gasteiger partial charge is 0.351 e. The fourth-order valence-corrected chi connectivity index (χ4v) is 0. The Morgan fingerprint density at radius 3 is 0.722 bits per heavy atom. The normalized spacial score (nSPS) is 12.6. The zero-order valence-corrected chi connectivity index (χ0v) is 14.0. The third kappa shape index (κ3) is 43.8. The van der Waals surface area contributed by atoms with Gasteiger partial charge in [0, 0.05) is 32.0 Å². The molecule has 0 rings (SSSR count). The molecule has 0 bridgehead atoms.